The van der Waals surface area contributed by atoms with Crippen molar-refractivity contribution in [2.45, 2.75) is 59.4 Å². The number of nitriles is 1. The quantitative estimate of drug-likeness (QED) is 0.468. The third-order valence-corrected chi connectivity index (χ3v) is 3.86. The maximum Gasteiger partial charge on any atom is 0.484 e. The average Bonchev–Trinajstić information content (AvgIpc) is 2.22. The Kier molecular flexibility index (Phi) is 9.08. The molecule has 0 rings (SSSR count). The van der Waals surface area contributed by atoms with Crippen LogP contribution in [-0.4, -0.2) is 34.4 Å². The second kappa shape index (κ2) is 9.42. The summed E-state index contributed by atoms with van der Waals surface area (Å²) in [5.74, 6) is 0. The lowest BCUT2D eigenvalue weighted by Gasteiger charge is -2.22. The molecular weight excluding hydrogens is 238 g/mol. The van der Waals surface area contributed by atoms with Crippen molar-refractivity contribution >= 4 is 9.53 Å². The fraction of sp³-hybridized carbons (Fsp3) is 0.909. The SMILES string of the molecule is CCC(CO[SiH](OC(C)C)OC(C)C)OC#N. The Morgan fingerprint density at radius 3 is 2.00 bits per heavy atom. The molecule has 0 saturated heterocycles. The van der Waals surface area contributed by atoms with Gasteiger partial charge in [0.15, 0.2) is 0 Å². The Balaban J connectivity index is 4.09. The summed E-state index contributed by atoms with van der Waals surface area (Å²) in [5, 5.41) is 8.44. The highest BCUT2D eigenvalue weighted by Crippen LogP contribution is 2.05. The van der Waals surface area contributed by atoms with Crippen LogP contribution in [0.1, 0.15) is 41.0 Å². The van der Waals surface area contributed by atoms with Crippen molar-refractivity contribution < 1.29 is 18.0 Å². The first-order chi connectivity index (χ1) is 7.99. The van der Waals surface area contributed by atoms with E-state index in [9.17, 15) is 0 Å². The first-order valence-electron chi connectivity index (χ1n) is 5.96. The minimum atomic E-state index is -2.13. The molecule has 0 aromatic rings. The van der Waals surface area contributed by atoms with E-state index in [4.69, 9.17) is 23.3 Å². The van der Waals surface area contributed by atoms with Crippen LogP contribution in [0.15, 0.2) is 0 Å². The summed E-state index contributed by atoms with van der Waals surface area (Å²) >= 11 is 0. The predicted molar refractivity (Wildman–Crippen MR) is 66.3 cm³/mol. The predicted octanol–water partition coefficient (Wildman–Crippen LogP) is 1.85. The molecule has 100 valence electrons. The fourth-order valence-electron chi connectivity index (χ4n) is 1.05. The van der Waals surface area contributed by atoms with Gasteiger partial charge in [-0.15, -0.1) is 0 Å². The Labute approximate surface area is 106 Å². The van der Waals surface area contributed by atoms with Crippen molar-refractivity contribution in [2.75, 3.05) is 6.61 Å². The van der Waals surface area contributed by atoms with Gasteiger partial charge in [-0.1, -0.05) is 6.92 Å². The zero-order valence-electron chi connectivity index (χ0n) is 11.3. The molecule has 1 atom stereocenters. The molecule has 1 unspecified atom stereocenters. The molecule has 6 heteroatoms. The molecule has 0 aliphatic heterocycles. The lowest BCUT2D eigenvalue weighted by molar-refractivity contribution is 0.0180. The van der Waals surface area contributed by atoms with Crippen LogP contribution in [-0.2, 0) is 18.0 Å². The molecule has 0 fully saturated rings. The molecule has 0 aliphatic rings. The number of hydrogen-bond acceptors (Lipinski definition) is 5. The summed E-state index contributed by atoms with van der Waals surface area (Å²) in [4.78, 5) is 0. The Morgan fingerprint density at radius 1 is 1.12 bits per heavy atom. The highest BCUT2D eigenvalue weighted by Gasteiger charge is 2.21. The Bertz CT molecular complexity index is 220. The number of nitrogens with zero attached hydrogens (tertiary/aromatic N) is 1. The van der Waals surface area contributed by atoms with Gasteiger partial charge < -0.3 is 18.0 Å². The van der Waals surface area contributed by atoms with E-state index in [1.54, 1.807) is 6.26 Å². The molecule has 0 bridgehead atoms. The standard InChI is InChI=1S/C11H23NO4Si/c1-6-11(13-8-12)7-14-17(15-9(2)3)16-10(4)5/h9-11,17H,6-7H2,1-5H3. The summed E-state index contributed by atoms with van der Waals surface area (Å²) in [5.41, 5.74) is 0. The molecule has 0 spiro atoms. The highest BCUT2D eigenvalue weighted by atomic mass is 28.3. The molecular formula is C11H23NO4Si. The minimum absolute atomic E-state index is 0.0716. The molecule has 17 heavy (non-hydrogen) atoms. The summed E-state index contributed by atoms with van der Waals surface area (Å²) in [6.45, 7) is 10.0. The zero-order chi connectivity index (χ0) is 13.3. The monoisotopic (exact) mass is 261 g/mol. The largest absolute Gasteiger partial charge is 0.484 e. The van der Waals surface area contributed by atoms with Crippen molar-refractivity contribution in [1.29, 1.82) is 5.26 Å². The summed E-state index contributed by atoms with van der Waals surface area (Å²) in [6, 6.07) is 0. The Morgan fingerprint density at radius 2 is 1.65 bits per heavy atom. The summed E-state index contributed by atoms with van der Waals surface area (Å²) < 4.78 is 21.6. The van der Waals surface area contributed by atoms with Gasteiger partial charge in [0, 0.05) is 12.2 Å². The van der Waals surface area contributed by atoms with Crippen molar-refractivity contribution in [3.63, 3.8) is 0 Å². The van der Waals surface area contributed by atoms with Crippen LogP contribution >= 0.6 is 0 Å². The highest BCUT2D eigenvalue weighted by molar-refractivity contribution is 6.36. The van der Waals surface area contributed by atoms with Crippen molar-refractivity contribution in [1.82, 2.24) is 0 Å². The molecule has 0 saturated carbocycles. The van der Waals surface area contributed by atoms with Gasteiger partial charge in [-0.2, -0.15) is 5.26 Å². The van der Waals surface area contributed by atoms with Gasteiger partial charge in [0.05, 0.1) is 6.61 Å². The molecule has 0 amide bonds. The number of rotatable bonds is 9. The van der Waals surface area contributed by atoms with Gasteiger partial charge in [-0.25, -0.2) is 0 Å². The maximum absolute atomic E-state index is 8.44. The van der Waals surface area contributed by atoms with E-state index < -0.39 is 9.53 Å². The van der Waals surface area contributed by atoms with Crippen LogP contribution in [0.5, 0.6) is 0 Å². The van der Waals surface area contributed by atoms with Crippen LogP contribution in [0.25, 0.3) is 0 Å². The van der Waals surface area contributed by atoms with E-state index in [0.29, 0.717) is 6.61 Å². The molecule has 0 aromatic heterocycles. The minimum Gasteiger partial charge on any atom is -0.422 e. The van der Waals surface area contributed by atoms with Gasteiger partial charge in [0.2, 0.25) is 0 Å². The van der Waals surface area contributed by atoms with Crippen LogP contribution in [0.2, 0.25) is 0 Å². The van der Waals surface area contributed by atoms with Gasteiger partial charge in [0.1, 0.15) is 6.10 Å². The first-order valence-corrected chi connectivity index (χ1v) is 7.38. The van der Waals surface area contributed by atoms with E-state index in [-0.39, 0.29) is 18.3 Å². The van der Waals surface area contributed by atoms with E-state index >= 15 is 0 Å². The van der Waals surface area contributed by atoms with Crippen molar-refractivity contribution in [3.8, 4) is 6.26 Å². The molecule has 0 aliphatic carbocycles. The van der Waals surface area contributed by atoms with Crippen LogP contribution in [0.4, 0.5) is 0 Å². The smallest absolute Gasteiger partial charge is 0.422 e. The summed E-state index contributed by atoms with van der Waals surface area (Å²) in [6.07, 6.45) is 2.32. The van der Waals surface area contributed by atoms with E-state index in [1.165, 1.54) is 0 Å². The third kappa shape index (κ3) is 9.12. The van der Waals surface area contributed by atoms with Gasteiger partial charge in [0.25, 0.3) is 6.26 Å². The Hall–Kier alpha value is -0.613. The number of ether oxygens (including phenoxy) is 1. The normalized spacial score (nSPS) is 13.1. The molecule has 0 radical (unpaired) electrons. The van der Waals surface area contributed by atoms with Crippen LogP contribution < -0.4 is 0 Å². The second-order valence-corrected chi connectivity index (χ2v) is 5.69. The van der Waals surface area contributed by atoms with Crippen molar-refractivity contribution in [2.24, 2.45) is 0 Å². The van der Waals surface area contributed by atoms with Crippen LogP contribution in [0, 0.1) is 11.5 Å². The third-order valence-electron chi connectivity index (χ3n) is 1.86. The first kappa shape index (κ1) is 16.4. The maximum atomic E-state index is 8.44. The van der Waals surface area contributed by atoms with Crippen LogP contribution in [0.3, 0.4) is 0 Å². The second-order valence-electron chi connectivity index (χ2n) is 4.23. The molecule has 0 N–H and O–H groups in total. The number of hydrogen-bond donors (Lipinski definition) is 0. The van der Waals surface area contributed by atoms with Crippen molar-refractivity contribution in [3.05, 3.63) is 0 Å². The lowest BCUT2D eigenvalue weighted by Crippen LogP contribution is -2.35. The zero-order valence-corrected chi connectivity index (χ0v) is 12.5. The fourth-order valence-corrected chi connectivity index (χ4v) is 2.53. The van der Waals surface area contributed by atoms with E-state index in [1.807, 2.05) is 34.6 Å². The average molecular weight is 261 g/mol. The topological polar surface area (TPSA) is 60.7 Å². The van der Waals surface area contributed by atoms with E-state index in [2.05, 4.69) is 0 Å². The molecule has 5 nitrogen and oxygen atoms in total. The molecule has 0 heterocycles. The molecule has 0 aromatic carbocycles. The summed E-state index contributed by atoms with van der Waals surface area (Å²) in [7, 11) is -2.13. The van der Waals surface area contributed by atoms with E-state index in [0.717, 1.165) is 6.42 Å². The van der Waals surface area contributed by atoms with Gasteiger partial charge >= 0.3 is 9.53 Å². The lowest BCUT2D eigenvalue weighted by atomic mass is 10.3. The van der Waals surface area contributed by atoms with Gasteiger partial charge in [-0.05, 0) is 34.1 Å². The van der Waals surface area contributed by atoms with Gasteiger partial charge in [-0.3, -0.25) is 0 Å².